The van der Waals surface area contributed by atoms with Crippen LogP contribution in [0.15, 0.2) is 89.3 Å². The van der Waals surface area contributed by atoms with Gasteiger partial charge in [0.25, 0.3) is 11.8 Å². The highest BCUT2D eigenvalue weighted by atomic mass is 32.2. The number of hydrogen-bond donors (Lipinski definition) is 1. The predicted molar refractivity (Wildman–Crippen MR) is 121 cm³/mol. The Bertz CT molecular complexity index is 1380. The van der Waals surface area contributed by atoms with Gasteiger partial charge in [0.1, 0.15) is 16.2 Å². The van der Waals surface area contributed by atoms with Crippen molar-refractivity contribution in [3.05, 3.63) is 95.6 Å². The molecule has 3 aromatic carbocycles. The lowest BCUT2D eigenvalue weighted by Crippen LogP contribution is -2.54. The van der Waals surface area contributed by atoms with Crippen LogP contribution >= 0.6 is 0 Å². The summed E-state index contributed by atoms with van der Waals surface area (Å²) in [6.07, 6.45) is 1.19. The fourth-order valence-electron chi connectivity index (χ4n) is 3.17. The Morgan fingerprint density at radius 3 is 2.18 bits per heavy atom. The molecule has 0 bridgehead atoms. The molecule has 166 valence electrons. The zero-order chi connectivity index (χ0) is 23.6. The molecular formula is C24H18N2O6S. The first kappa shape index (κ1) is 22.0. The number of rotatable bonds is 5. The molecule has 0 aliphatic carbocycles. The van der Waals surface area contributed by atoms with E-state index in [1.807, 2.05) is 6.92 Å². The lowest BCUT2D eigenvalue weighted by molar-refractivity contribution is -0.122. The van der Waals surface area contributed by atoms with E-state index in [0.29, 0.717) is 0 Å². The highest BCUT2D eigenvalue weighted by Crippen LogP contribution is 2.27. The number of nitrogens with one attached hydrogen (secondary N) is 1. The van der Waals surface area contributed by atoms with E-state index in [9.17, 15) is 22.8 Å². The first-order valence-electron chi connectivity index (χ1n) is 9.83. The maximum absolute atomic E-state index is 13.0. The van der Waals surface area contributed by atoms with E-state index in [0.717, 1.165) is 10.5 Å². The van der Waals surface area contributed by atoms with Crippen LogP contribution in [-0.4, -0.2) is 26.3 Å². The zero-order valence-electron chi connectivity index (χ0n) is 17.4. The largest absolute Gasteiger partial charge is 0.378 e. The minimum absolute atomic E-state index is 0.0390. The van der Waals surface area contributed by atoms with Gasteiger partial charge in [-0.05, 0) is 43.3 Å². The van der Waals surface area contributed by atoms with Gasteiger partial charge in [0.05, 0.1) is 5.69 Å². The standard InChI is InChI=1S/C24H18N2O6S/c1-16-11-13-19(14-12-16)33(30,31)32-21-10-6-5-7-17(21)15-20-22(27)25-24(29)26(23(20)28)18-8-3-2-4-9-18/h2-15H,1H3,(H,25,27,29)/b20-15+. The van der Waals surface area contributed by atoms with E-state index in [4.69, 9.17) is 4.18 Å². The van der Waals surface area contributed by atoms with Crippen LogP contribution in [0.2, 0.25) is 0 Å². The van der Waals surface area contributed by atoms with Crippen LogP contribution in [0.25, 0.3) is 6.08 Å². The summed E-state index contributed by atoms with van der Waals surface area (Å²) in [7, 11) is -4.16. The highest BCUT2D eigenvalue weighted by molar-refractivity contribution is 7.87. The summed E-state index contributed by atoms with van der Waals surface area (Å²) in [6.45, 7) is 1.83. The van der Waals surface area contributed by atoms with Gasteiger partial charge in [0.15, 0.2) is 0 Å². The monoisotopic (exact) mass is 462 g/mol. The van der Waals surface area contributed by atoms with Crippen molar-refractivity contribution in [1.82, 2.24) is 5.32 Å². The molecule has 0 aromatic heterocycles. The molecule has 1 fully saturated rings. The second kappa shape index (κ2) is 8.71. The van der Waals surface area contributed by atoms with Crippen molar-refractivity contribution in [2.75, 3.05) is 4.90 Å². The Kier molecular flexibility index (Phi) is 5.80. The molecule has 0 saturated carbocycles. The third-order valence-electron chi connectivity index (χ3n) is 4.84. The maximum atomic E-state index is 13.0. The average Bonchev–Trinajstić information content (AvgIpc) is 2.78. The molecule has 1 N–H and O–H groups in total. The van der Waals surface area contributed by atoms with Crippen LogP contribution in [0.4, 0.5) is 10.5 Å². The smallest absolute Gasteiger partial charge is 0.339 e. The Hall–Kier alpha value is -4.24. The van der Waals surface area contributed by atoms with Gasteiger partial charge in [-0.15, -0.1) is 0 Å². The molecular weight excluding hydrogens is 444 g/mol. The minimum Gasteiger partial charge on any atom is -0.378 e. The summed E-state index contributed by atoms with van der Waals surface area (Å²) in [6, 6.07) is 19.4. The molecule has 0 atom stereocenters. The molecule has 0 unspecified atom stereocenters. The Labute approximate surface area is 190 Å². The molecule has 4 amide bonds. The zero-order valence-corrected chi connectivity index (χ0v) is 18.2. The quantitative estimate of drug-likeness (QED) is 0.353. The predicted octanol–water partition coefficient (Wildman–Crippen LogP) is 3.43. The summed E-state index contributed by atoms with van der Waals surface area (Å²) < 4.78 is 30.8. The number of imide groups is 2. The number of barbiturate groups is 1. The van der Waals surface area contributed by atoms with Crippen LogP contribution in [-0.2, 0) is 19.7 Å². The van der Waals surface area contributed by atoms with Crippen molar-refractivity contribution in [2.24, 2.45) is 0 Å². The van der Waals surface area contributed by atoms with E-state index in [1.54, 1.807) is 54.6 Å². The van der Waals surface area contributed by atoms with Gasteiger partial charge in [-0.3, -0.25) is 14.9 Å². The topological polar surface area (TPSA) is 110 Å². The molecule has 8 nitrogen and oxygen atoms in total. The molecule has 0 spiro atoms. The number of para-hydroxylation sites is 2. The van der Waals surface area contributed by atoms with Crippen molar-refractivity contribution in [3.8, 4) is 5.75 Å². The van der Waals surface area contributed by atoms with Crippen LogP contribution in [0, 0.1) is 6.92 Å². The second-order valence-electron chi connectivity index (χ2n) is 7.18. The second-order valence-corrected chi connectivity index (χ2v) is 8.73. The Morgan fingerprint density at radius 2 is 1.48 bits per heavy atom. The normalized spacial score (nSPS) is 15.5. The van der Waals surface area contributed by atoms with Gasteiger partial charge in [-0.1, -0.05) is 54.1 Å². The number of benzene rings is 3. The number of anilines is 1. The number of nitrogens with zero attached hydrogens (tertiary/aromatic N) is 1. The number of urea groups is 1. The molecule has 4 rings (SSSR count). The van der Waals surface area contributed by atoms with Gasteiger partial charge in [0, 0.05) is 5.56 Å². The van der Waals surface area contributed by atoms with Crippen molar-refractivity contribution in [3.63, 3.8) is 0 Å². The molecule has 1 heterocycles. The van der Waals surface area contributed by atoms with E-state index in [1.165, 1.54) is 30.3 Å². The van der Waals surface area contributed by atoms with E-state index >= 15 is 0 Å². The van der Waals surface area contributed by atoms with Gasteiger partial charge in [0.2, 0.25) is 0 Å². The molecule has 3 aromatic rings. The summed E-state index contributed by atoms with van der Waals surface area (Å²) in [5.41, 5.74) is 1.000. The Morgan fingerprint density at radius 1 is 0.848 bits per heavy atom. The van der Waals surface area contributed by atoms with Gasteiger partial charge in [-0.25, -0.2) is 9.69 Å². The number of hydrogen-bond acceptors (Lipinski definition) is 6. The molecule has 9 heteroatoms. The number of amides is 4. The summed E-state index contributed by atoms with van der Waals surface area (Å²) in [4.78, 5) is 38.5. The fraction of sp³-hybridized carbons (Fsp3) is 0.0417. The van der Waals surface area contributed by atoms with Crippen LogP contribution < -0.4 is 14.4 Å². The lowest BCUT2D eigenvalue weighted by Gasteiger charge is -2.26. The third-order valence-corrected chi connectivity index (χ3v) is 6.09. The van der Waals surface area contributed by atoms with Crippen LogP contribution in [0.5, 0.6) is 5.75 Å². The summed E-state index contributed by atoms with van der Waals surface area (Å²) in [5.74, 6) is -1.81. The first-order valence-corrected chi connectivity index (χ1v) is 11.2. The SMILES string of the molecule is Cc1ccc(S(=O)(=O)Oc2ccccc2/C=C2\C(=O)NC(=O)N(c3ccccc3)C2=O)cc1. The average molecular weight is 462 g/mol. The van der Waals surface area contributed by atoms with Crippen molar-refractivity contribution >= 4 is 39.7 Å². The van der Waals surface area contributed by atoms with E-state index < -0.39 is 28.0 Å². The van der Waals surface area contributed by atoms with Crippen LogP contribution in [0.3, 0.4) is 0 Å². The van der Waals surface area contributed by atoms with E-state index in [2.05, 4.69) is 5.32 Å². The van der Waals surface area contributed by atoms with Gasteiger partial charge in [-0.2, -0.15) is 8.42 Å². The van der Waals surface area contributed by atoms with Crippen molar-refractivity contribution < 1.29 is 27.0 Å². The summed E-state index contributed by atoms with van der Waals surface area (Å²) in [5, 5.41) is 2.13. The van der Waals surface area contributed by atoms with Gasteiger partial charge < -0.3 is 4.18 Å². The number of aryl methyl sites for hydroxylation is 1. The minimum atomic E-state index is -4.16. The lowest BCUT2D eigenvalue weighted by atomic mass is 10.1. The molecule has 1 saturated heterocycles. The van der Waals surface area contributed by atoms with Crippen molar-refractivity contribution in [2.45, 2.75) is 11.8 Å². The number of carbonyl (C=O) groups is 3. The molecule has 1 aliphatic rings. The molecule has 1 aliphatic heterocycles. The fourth-order valence-corrected chi connectivity index (χ4v) is 4.13. The maximum Gasteiger partial charge on any atom is 0.339 e. The van der Waals surface area contributed by atoms with Crippen LogP contribution in [0.1, 0.15) is 11.1 Å². The van der Waals surface area contributed by atoms with E-state index in [-0.39, 0.29) is 27.5 Å². The first-order chi connectivity index (χ1) is 15.8. The molecule has 33 heavy (non-hydrogen) atoms. The van der Waals surface area contributed by atoms with Gasteiger partial charge >= 0.3 is 16.1 Å². The Balaban J connectivity index is 1.71. The summed E-state index contributed by atoms with van der Waals surface area (Å²) >= 11 is 0. The highest BCUT2D eigenvalue weighted by Gasteiger charge is 2.37. The third kappa shape index (κ3) is 4.53. The molecule has 0 radical (unpaired) electrons. The van der Waals surface area contributed by atoms with Crippen molar-refractivity contribution in [1.29, 1.82) is 0 Å². The number of carbonyl (C=O) groups excluding carboxylic acids is 3.